The summed E-state index contributed by atoms with van der Waals surface area (Å²) in [5.74, 6) is 0.867. The smallest absolute Gasteiger partial charge is 0.128 e. The second-order valence-electron chi connectivity index (χ2n) is 11.6. The topological polar surface area (TPSA) is 67.8 Å². The molecule has 0 amide bonds. The second-order valence-corrected chi connectivity index (χ2v) is 13.3. The molecule has 0 bridgehead atoms. The monoisotopic (exact) mass is 487 g/mol. The van der Waals surface area contributed by atoms with Gasteiger partial charge in [-0.1, -0.05) is 33.8 Å². The van der Waals surface area contributed by atoms with E-state index in [0.717, 1.165) is 44.3 Å². The highest BCUT2D eigenvalue weighted by Gasteiger charge is 2.51. The lowest BCUT2D eigenvalue weighted by molar-refractivity contribution is -0.0920. The maximum atomic E-state index is 11.4. The van der Waals surface area contributed by atoms with Crippen LogP contribution in [0.15, 0.2) is 11.6 Å². The summed E-state index contributed by atoms with van der Waals surface area (Å²) in [4.78, 5) is 2.23. The van der Waals surface area contributed by atoms with Gasteiger partial charge in [0.1, 0.15) is 12.5 Å². The highest BCUT2D eigenvalue weighted by molar-refractivity contribution is 7.19. The summed E-state index contributed by atoms with van der Waals surface area (Å²) >= 11 is 6.39. The van der Waals surface area contributed by atoms with E-state index in [9.17, 15) is 10.2 Å². The molecule has 6 atom stereocenters. The first-order valence-corrected chi connectivity index (χ1v) is 13.7. The number of alkyl halides is 1. The lowest BCUT2D eigenvalue weighted by Gasteiger charge is -2.57. The molecule has 0 aromatic carbocycles. The first-order valence-electron chi connectivity index (χ1n) is 12.7. The summed E-state index contributed by atoms with van der Waals surface area (Å²) in [6.07, 6.45) is 7.38. The van der Waals surface area contributed by atoms with Gasteiger partial charge >= 0.3 is 0 Å². The molecule has 1 aliphatic carbocycles. The number of nitrogens with one attached hydrogen (secondary N) is 2. The zero-order valence-corrected chi connectivity index (χ0v) is 22.7. The van der Waals surface area contributed by atoms with Gasteiger partial charge in [0.15, 0.2) is 0 Å². The number of nitrogens with zero attached hydrogens (tertiary/aromatic N) is 1. The molecular formula is C25H47ClN3O2P. The predicted molar refractivity (Wildman–Crippen MR) is 138 cm³/mol. The van der Waals surface area contributed by atoms with Crippen molar-refractivity contribution in [3.63, 3.8) is 0 Å². The van der Waals surface area contributed by atoms with Crippen LogP contribution in [-0.2, 0) is 0 Å². The van der Waals surface area contributed by atoms with Crippen molar-refractivity contribution in [2.24, 2.45) is 17.3 Å². The fourth-order valence-corrected chi connectivity index (χ4v) is 6.88. The van der Waals surface area contributed by atoms with Gasteiger partial charge in [-0.15, -0.1) is 20.8 Å². The van der Waals surface area contributed by atoms with Crippen LogP contribution in [0.5, 0.6) is 0 Å². The van der Waals surface area contributed by atoms with Crippen LogP contribution in [0.4, 0.5) is 0 Å². The molecule has 5 nitrogen and oxygen atoms in total. The van der Waals surface area contributed by atoms with E-state index in [-0.39, 0.29) is 22.5 Å². The summed E-state index contributed by atoms with van der Waals surface area (Å²) in [6, 6.07) is 0.240. The van der Waals surface area contributed by atoms with E-state index in [4.69, 9.17) is 11.6 Å². The Kier molecular flexibility index (Phi) is 9.14. The fourth-order valence-electron chi connectivity index (χ4n) is 6.07. The van der Waals surface area contributed by atoms with E-state index in [0.29, 0.717) is 23.9 Å². The number of halogens is 1. The van der Waals surface area contributed by atoms with E-state index in [1.165, 1.54) is 12.8 Å². The van der Waals surface area contributed by atoms with Crippen molar-refractivity contribution in [3.8, 4) is 0 Å². The molecule has 2 aliphatic heterocycles. The lowest BCUT2D eigenvalue weighted by atomic mass is 9.63. The van der Waals surface area contributed by atoms with E-state index >= 15 is 0 Å². The number of aliphatic hydroxyl groups excluding tert-OH is 2. The first-order chi connectivity index (χ1) is 14.9. The quantitative estimate of drug-likeness (QED) is 0.191. The molecule has 1 unspecified atom stereocenters. The largest absolute Gasteiger partial charge is 0.377 e. The molecule has 0 aromatic rings. The molecule has 0 spiro atoms. The Bertz CT molecular complexity index is 653. The van der Waals surface area contributed by atoms with Gasteiger partial charge in [-0.05, 0) is 73.4 Å². The number of rotatable bonds is 7. The molecule has 3 rings (SSSR count). The van der Waals surface area contributed by atoms with Gasteiger partial charge in [-0.2, -0.15) is 0 Å². The standard InChI is InChI=1S/C25H47ClN3O2P/c1-16(2)21(28-22(30)18-7-6-17(3)27-14-18)23(31)29-13-12-25(32,24(4,5)15-29)19-8-10-20(26)11-9-19/h7,16-17,19-23,27-28,30-31H,6,8-15,32H2,1-5H3/t17-,19?,20?,21+,22-,23+,25+/m0/s1. The highest BCUT2D eigenvalue weighted by Crippen LogP contribution is 2.54. The van der Waals surface area contributed by atoms with Crippen LogP contribution in [-0.4, -0.2) is 69.8 Å². The van der Waals surface area contributed by atoms with Crippen molar-refractivity contribution >= 4 is 20.8 Å². The van der Waals surface area contributed by atoms with E-state index in [1.807, 2.05) is 0 Å². The molecule has 4 N–H and O–H groups in total. The summed E-state index contributed by atoms with van der Waals surface area (Å²) in [5, 5.41) is 29.6. The van der Waals surface area contributed by atoms with Crippen molar-refractivity contribution in [3.05, 3.63) is 11.6 Å². The van der Waals surface area contributed by atoms with Gasteiger partial charge in [-0.25, -0.2) is 0 Å². The Morgan fingerprint density at radius 1 is 1.22 bits per heavy atom. The van der Waals surface area contributed by atoms with Crippen LogP contribution in [0.2, 0.25) is 0 Å². The first kappa shape index (κ1) is 26.9. The summed E-state index contributed by atoms with van der Waals surface area (Å²) in [5.41, 5.74) is 1.03. The Morgan fingerprint density at radius 3 is 2.41 bits per heavy atom. The van der Waals surface area contributed by atoms with Crippen LogP contribution in [0.1, 0.15) is 73.1 Å². The molecule has 2 heterocycles. The third kappa shape index (κ3) is 5.90. The third-order valence-corrected chi connectivity index (χ3v) is 10.5. The Morgan fingerprint density at radius 2 is 1.88 bits per heavy atom. The summed E-state index contributed by atoms with van der Waals surface area (Å²) in [7, 11) is 3.25. The van der Waals surface area contributed by atoms with Crippen LogP contribution in [0, 0.1) is 17.3 Å². The van der Waals surface area contributed by atoms with Crippen molar-refractivity contribution in [1.29, 1.82) is 0 Å². The average molecular weight is 488 g/mol. The Balaban J connectivity index is 1.66. The van der Waals surface area contributed by atoms with Crippen LogP contribution in [0.3, 0.4) is 0 Å². The molecule has 1 saturated heterocycles. The van der Waals surface area contributed by atoms with Crippen molar-refractivity contribution in [1.82, 2.24) is 15.5 Å². The van der Waals surface area contributed by atoms with Crippen LogP contribution < -0.4 is 10.6 Å². The maximum Gasteiger partial charge on any atom is 0.128 e. The molecule has 3 aliphatic rings. The van der Waals surface area contributed by atoms with Gasteiger partial charge < -0.3 is 15.5 Å². The molecule has 186 valence electrons. The second kappa shape index (κ2) is 10.9. The normalized spacial score (nSPS) is 37.1. The molecule has 7 heteroatoms. The van der Waals surface area contributed by atoms with Crippen molar-refractivity contribution in [2.45, 2.75) is 108 Å². The summed E-state index contributed by atoms with van der Waals surface area (Å²) < 4.78 is 0. The van der Waals surface area contributed by atoms with Gasteiger partial charge in [0.2, 0.25) is 0 Å². The molecule has 1 saturated carbocycles. The van der Waals surface area contributed by atoms with Gasteiger partial charge in [0, 0.05) is 31.1 Å². The van der Waals surface area contributed by atoms with E-state index in [2.05, 4.69) is 65.5 Å². The van der Waals surface area contributed by atoms with E-state index < -0.39 is 12.5 Å². The lowest BCUT2D eigenvalue weighted by Crippen LogP contribution is -2.64. The molecule has 0 aromatic heterocycles. The number of piperidine rings is 1. The minimum atomic E-state index is -0.735. The minimum Gasteiger partial charge on any atom is -0.377 e. The summed E-state index contributed by atoms with van der Waals surface area (Å²) in [6.45, 7) is 13.5. The van der Waals surface area contributed by atoms with Gasteiger partial charge in [0.25, 0.3) is 0 Å². The van der Waals surface area contributed by atoms with Crippen molar-refractivity contribution < 1.29 is 10.2 Å². The predicted octanol–water partition coefficient (Wildman–Crippen LogP) is 3.69. The minimum absolute atomic E-state index is 0.0623. The van der Waals surface area contributed by atoms with Gasteiger partial charge in [-0.3, -0.25) is 10.2 Å². The number of hydrogen-bond donors (Lipinski definition) is 4. The number of aliphatic hydroxyl groups is 2. The number of likely N-dealkylation sites (tertiary alicyclic amines) is 1. The SMILES string of the molecule is CC(C)[C@@H](N[C@@H](O)C1=CC[C@H](C)NC1)[C@@H](O)N1CC[C@@](P)(C2CCC(Cl)CC2)C(C)(C)C1. The third-order valence-electron chi connectivity index (χ3n) is 8.56. The fraction of sp³-hybridized carbons (Fsp3) is 0.920. The molecule has 0 radical (unpaired) electrons. The molecule has 32 heavy (non-hydrogen) atoms. The Labute approximate surface area is 203 Å². The molecular weight excluding hydrogens is 441 g/mol. The van der Waals surface area contributed by atoms with E-state index in [1.54, 1.807) is 0 Å². The average Bonchev–Trinajstić information content (AvgIpc) is 2.74. The van der Waals surface area contributed by atoms with Crippen LogP contribution in [0.25, 0.3) is 0 Å². The van der Waals surface area contributed by atoms with Gasteiger partial charge in [0.05, 0.1) is 6.04 Å². The zero-order chi connectivity index (χ0) is 23.7. The molecule has 2 fully saturated rings. The maximum absolute atomic E-state index is 11.4. The van der Waals surface area contributed by atoms with Crippen molar-refractivity contribution in [2.75, 3.05) is 19.6 Å². The Hall–Kier alpha value is 0.260. The van der Waals surface area contributed by atoms with Crippen LogP contribution >= 0.6 is 20.8 Å². The zero-order valence-electron chi connectivity index (χ0n) is 20.8. The highest BCUT2D eigenvalue weighted by atomic mass is 35.5. The number of hydrogen-bond acceptors (Lipinski definition) is 5.